The summed E-state index contributed by atoms with van der Waals surface area (Å²) in [6, 6.07) is 0. The zero-order valence-electron chi connectivity index (χ0n) is 8.20. The Morgan fingerprint density at radius 1 is 1.79 bits per heavy atom. The van der Waals surface area contributed by atoms with Gasteiger partial charge in [-0.15, -0.1) is 0 Å². The highest BCUT2D eigenvalue weighted by Gasteiger charge is 2.05. The van der Waals surface area contributed by atoms with Crippen LogP contribution in [0.4, 0.5) is 0 Å². The molecule has 1 aromatic heterocycles. The Bertz CT molecular complexity index is 336. The monoisotopic (exact) mass is 232 g/mol. The first-order chi connectivity index (χ1) is 6.69. The van der Waals surface area contributed by atoms with E-state index >= 15 is 0 Å². The summed E-state index contributed by atoms with van der Waals surface area (Å²) in [6.45, 7) is 1.99. The molecule has 0 atom stereocenters. The Labute approximate surface area is 92.8 Å². The Hall–Kier alpha value is -0.450. The molecule has 14 heavy (non-hydrogen) atoms. The van der Waals surface area contributed by atoms with E-state index in [-0.39, 0.29) is 6.61 Å². The number of aliphatic hydroxyl groups is 1. The first-order valence-electron chi connectivity index (χ1n) is 4.19. The molecule has 1 rings (SSSR count). The summed E-state index contributed by atoms with van der Waals surface area (Å²) in [5, 5.41) is 9.85. The summed E-state index contributed by atoms with van der Waals surface area (Å²) in [6.07, 6.45) is 1.68. The first-order valence-corrected chi connectivity index (χ1v) is 5.61. The molecule has 0 amide bonds. The molecule has 5 heteroatoms. The highest BCUT2D eigenvalue weighted by molar-refractivity contribution is 7.99. The lowest BCUT2D eigenvalue weighted by Crippen LogP contribution is -1.97. The van der Waals surface area contributed by atoms with Crippen molar-refractivity contribution in [2.75, 3.05) is 5.75 Å². The number of hydrogen-bond acceptors (Lipinski definition) is 3. The van der Waals surface area contributed by atoms with Crippen LogP contribution < -0.4 is 0 Å². The Balaban J connectivity index is 2.63. The van der Waals surface area contributed by atoms with Crippen LogP contribution in [0.2, 0.25) is 0 Å². The second kappa shape index (κ2) is 5.44. The van der Waals surface area contributed by atoms with Gasteiger partial charge in [0.15, 0.2) is 5.16 Å². The largest absolute Gasteiger partial charge is 0.390 e. The highest BCUT2D eigenvalue weighted by atomic mass is 35.5. The number of nitrogens with zero attached hydrogens (tertiary/aromatic N) is 2. The fourth-order valence-corrected chi connectivity index (χ4v) is 1.96. The molecule has 0 saturated carbocycles. The van der Waals surface area contributed by atoms with E-state index in [0.29, 0.717) is 0 Å². The summed E-state index contributed by atoms with van der Waals surface area (Å²) in [5.41, 5.74) is 3.49. The average molecular weight is 233 g/mol. The fraction of sp³-hybridized carbons (Fsp3) is 0.444. The molecule has 0 unspecified atom stereocenters. The van der Waals surface area contributed by atoms with E-state index in [4.69, 9.17) is 16.7 Å². The number of rotatable bonds is 4. The number of halogens is 1. The van der Waals surface area contributed by atoms with Crippen LogP contribution in [0.25, 0.3) is 0 Å². The lowest BCUT2D eigenvalue weighted by Gasteiger charge is -2.03. The third kappa shape index (κ3) is 2.77. The minimum Gasteiger partial charge on any atom is -0.390 e. The van der Waals surface area contributed by atoms with Crippen LogP contribution in [0.15, 0.2) is 22.5 Å². The van der Waals surface area contributed by atoms with Crippen molar-refractivity contribution in [3.05, 3.63) is 23.0 Å². The molecular formula is C9H13ClN2OS. The van der Waals surface area contributed by atoms with E-state index in [1.165, 1.54) is 0 Å². The molecule has 0 aliphatic carbocycles. The third-order valence-corrected chi connectivity index (χ3v) is 3.43. The van der Waals surface area contributed by atoms with Crippen LogP contribution in [0, 0.1) is 0 Å². The molecule has 0 saturated heterocycles. The zero-order chi connectivity index (χ0) is 10.6. The quantitative estimate of drug-likeness (QED) is 0.809. The van der Waals surface area contributed by atoms with Gasteiger partial charge in [-0.25, -0.2) is 4.98 Å². The van der Waals surface area contributed by atoms with Gasteiger partial charge in [-0.2, -0.15) is 0 Å². The summed E-state index contributed by atoms with van der Waals surface area (Å²) in [7, 11) is 1.89. The molecule has 0 radical (unpaired) electrons. The van der Waals surface area contributed by atoms with Gasteiger partial charge in [0.25, 0.3) is 0 Å². The van der Waals surface area contributed by atoms with Crippen LogP contribution in [0.1, 0.15) is 12.6 Å². The smallest absolute Gasteiger partial charge is 0.168 e. The van der Waals surface area contributed by atoms with Gasteiger partial charge in [-0.3, -0.25) is 0 Å². The number of thioether (sulfide) groups is 1. The summed E-state index contributed by atoms with van der Waals surface area (Å²) in [4.78, 5) is 4.19. The fourth-order valence-electron chi connectivity index (χ4n) is 0.917. The molecule has 0 aliphatic heterocycles. The van der Waals surface area contributed by atoms with Crippen molar-refractivity contribution in [3.63, 3.8) is 0 Å². The standard InChI is InChI=1S/C9H13ClN2OS/c1-7(3-10)6-14-9-11-4-8(5-13)12(9)2/h3-4,13H,5-6H2,1-2H3/b7-3-. The van der Waals surface area contributed by atoms with Crippen LogP contribution >= 0.6 is 23.4 Å². The first kappa shape index (κ1) is 11.6. The predicted molar refractivity (Wildman–Crippen MR) is 59.5 cm³/mol. The molecule has 0 spiro atoms. The molecule has 1 aromatic rings. The zero-order valence-corrected chi connectivity index (χ0v) is 9.77. The highest BCUT2D eigenvalue weighted by Crippen LogP contribution is 2.19. The van der Waals surface area contributed by atoms with Gasteiger partial charge in [0.2, 0.25) is 0 Å². The maximum atomic E-state index is 8.95. The maximum absolute atomic E-state index is 8.95. The molecule has 0 bridgehead atoms. The second-order valence-corrected chi connectivity index (χ2v) is 4.15. The summed E-state index contributed by atoms with van der Waals surface area (Å²) in [5.74, 6) is 0.819. The predicted octanol–water partition coefficient (Wildman–Crippen LogP) is 2.15. The van der Waals surface area contributed by atoms with Crippen molar-refractivity contribution < 1.29 is 5.11 Å². The minimum atomic E-state index is 0.0222. The van der Waals surface area contributed by atoms with Crippen LogP contribution in [-0.2, 0) is 13.7 Å². The van der Waals surface area contributed by atoms with Crippen LogP contribution in [0.3, 0.4) is 0 Å². The van der Waals surface area contributed by atoms with E-state index in [0.717, 1.165) is 22.2 Å². The van der Waals surface area contributed by atoms with Gasteiger partial charge < -0.3 is 9.67 Å². The average Bonchev–Trinajstić information content (AvgIpc) is 2.56. The van der Waals surface area contributed by atoms with Gasteiger partial charge in [0, 0.05) is 18.3 Å². The summed E-state index contributed by atoms with van der Waals surface area (Å²) >= 11 is 7.15. The van der Waals surface area contributed by atoms with Crippen LogP contribution in [0.5, 0.6) is 0 Å². The Morgan fingerprint density at radius 3 is 3.00 bits per heavy atom. The lowest BCUT2D eigenvalue weighted by atomic mass is 10.4. The third-order valence-electron chi connectivity index (χ3n) is 1.82. The van der Waals surface area contributed by atoms with Crippen molar-refractivity contribution in [2.45, 2.75) is 18.7 Å². The van der Waals surface area contributed by atoms with E-state index in [1.807, 2.05) is 18.5 Å². The van der Waals surface area contributed by atoms with E-state index < -0.39 is 0 Å². The van der Waals surface area contributed by atoms with Crippen molar-refractivity contribution in [1.82, 2.24) is 9.55 Å². The van der Waals surface area contributed by atoms with Crippen molar-refractivity contribution in [2.24, 2.45) is 7.05 Å². The van der Waals surface area contributed by atoms with Gasteiger partial charge in [-0.1, -0.05) is 28.9 Å². The second-order valence-electron chi connectivity index (χ2n) is 2.99. The van der Waals surface area contributed by atoms with E-state index in [1.54, 1.807) is 23.5 Å². The van der Waals surface area contributed by atoms with Gasteiger partial charge in [0.1, 0.15) is 0 Å². The molecule has 1 N–H and O–H groups in total. The minimum absolute atomic E-state index is 0.0222. The van der Waals surface area contributed by atoms with Crippen molar-refractivity contribution in [1.29, 1.82) is 0 Å². The maximum Gasteiger partial charge on any atom is 0.168 e. The number of aromatic nitrogens is 2. The van der Waals surface area contributed by atoms with E-state index in [2.05, 4.69) is 4.98 Å². The molecular weight excluding hydrogens is 220 g/mol. The molecule has 1 heterocycles. The van der Waals surface area contributed by atoms with Crippen molar-refractivity contribution >= 4 is 23.4 Å². The number of imidazole rings is 1. The van der Waals surface area contributed by atoms with Crippen LogP contribution in [-0.4, -0.2) is 20.4 Å². The Morgan fingerprint density at radius 2 is 2.50 bits per heavy atom. The van der Waals surface area contributed by atoms with Gasteiger partial charge in [-0.05, 0) is 6.92 Å². The van der Waals surface area contributed by atoms with E-state index in [9.17, 15) is 0 Å². The van der Waals surface area contributed by atoms with Gasteiger partial charge >= 0.3 is 0 Å². The Kier molecular flexibility index (Phi) is 4.51. The van der Waals surface area contributed by atoms with Gasteiger partial charge in [0.05, 0.1) is 18.5 Å². The molecule has 0 fully saturated rings. The number of hydrogen-bond donors (Lipinski definition) is 1. The molecule has 0 aromatic carbocycles. The molecule has 78 valence electrons. The normalized spacial score (nSPS) is 12.1. The number of aliphatic hydroxyl groups excluding tert-OH is 1. The summed E-state index contributed by atoms with van der Waals surface area (Å²) < 4.78 is 1.88. The molecule has 0 aliphatic rings. The molecule has 3 nitrogen and oxygen atoms in total. The topological polar surface area (TPSA) is 38.1 Å². The van der Waals surface area contributed by atoms with Crippen molar-refractivity contribution in [3.8, 4) is 0 Å². The SMILES string of the molecule is C/C(=C/Cl)CSc1ncc(CO)n1C. The lowest BCUT2D eigenvalue weighted by molar-refractivity contribution is 0.271.